The summed E-state index contributed by atoms with van der Waals surface area (Å²) in [6.07, 6.45) is 2.77. The topological polar surface area (TPSA) is 131 Å². The van der Waals surface area contributed by atoms with Gasteiger partial charge in [-0.05, 0) is 48.8 Å². The van der Waals surface area contributed by atoms with E-state index in [1.165, 1.54) is 6.07 Å². The minimum Gasteiger partial charge on any atom is -0.461 e. The first-order valence-electron chi connectivity index (χ1n) is 14.0. The zero-order valence-electron chi connectivity index (χ0n) is 24.6. The Bertz CT molecular complexity index is 947. The average Bonchev–Trinajstić information content (AvgIpc) is 2.87. The van der Waals surface area contributed by atoms with Gasteiger partial charge in [-0.25, -0.2) is 0 Å². The normalized spacial score (nSPS) is 14.9. The molecular formula is C30H47NO8. The van der Waals surface area contributed by atoms with Crippen LogP contribution in [0.5, 0.6) is 11.5 Å². The van der Waals surface area contributed by atoms with Gasteiger partial charge in [-0.1, -0.05) is 66.9 Å². The van der Waals surface area contributed by atoms with Crippen molar-refractivity contribution in [1.82, 2.24) is 0 Å². The standard InChI is InChI=1S/C30H47NO8/c1-8-19(4)13-27(32)37-22(7)18-36-30(35)24(31)16-23-11-12-25(38-28(33)14-20(5)9-2)26(17-23)39-29(34)15-21(6)10-3/h11-12,17,19-22,24H,8-10,13-16,18,31H2,1-7H3/t19?,20?,21?,22-,24-/m0/s1. The van der Waals surface area contributed by atoms with Crippen LogP contribution in [0, 0.1) is 17.8 Å². The van der Waals surface area contributed by atoms with E-state index in [9.17, 15) is 19.2 Å². The maximum absolute atomic E-state index is 12.5. The first-order valence-corrected chi connectivity index (χ1v) is 14.0. The lowest BCUT2D eigenvalue weighted by molar-refractivity contribution is -0.159. The van der Waals surface area contributed by atoms with Crippen molar-refractivity contribution in [1.29, 1.82) is 0 Å². The molecule has 0 saturated heterocycles. The van der Waals surface area contributed by atoms with Gasteiger partial charge in [0, 0.05) is 19.3 Å². The molecule has 0 aliphatic rings. The van der Waals surface area contributed by atoms with Crippen LogP contribution in [0.15, 0.2) is 18.2 Å². The molecule has 0 saturated carbocycles. The van der Waals surface area contributed by atoms with Crippen LogP contribution in [-0.4, -0.2) is 42.6 Å². The summed E-state index contributed by atoms with van der Waals surface area (Å²) in [5.74, 6) is -1.11. The highest BCUT2D eigenvalue weighted by Gasteiger charge is 2.22. The number of esters is 4. The molecule has 0 heterocycles. The van der Waals surface area contributed by atoms with Gasteiger partial charge in [-0.2, -0.15) is 0 Å². The monoisotopic (exact) mass is 549 g/mol. The van der Waals surface area contributed by atoms with Crippen LogP contribution >= 0.6 is 0 Å². The summed E-state index contributed by atoms with van der Waals surface area (Å²) in [4.78, 5) is 49.3. The third-order valence-corrected chi connectivity index (χ3v) is 6.64. The fourth-order valence-corrected chi connectivity index (χ4v) is 3.41. The molecule has 5 atom stereocenters. The Morgan fingerprint density at radius 1 is 0.744 bits per heavy atom. The number of hydrogen-bond acceptors (Lipinski definition) is 9. The molecule has 0 aliphatic carbocycles. The van der Waals surface area contributed by atoms with Crippen molar-refractivity contribution in [2.75, 3.05) is 6.61 Å². The van der Waals surface area contributed by atoms with Gasteiger partial charge in [-0.3, -0.25) is 19.2 Å². The van der Waals surface area contributed by atoms with Crippen LogP contribution < -0.4 is 15.2 Å². The predicted octanol–water partition coefficient (Wildman–Crippen LogP) is 5.15. The van der Waals surface area contributed by atoms with Gasteiger partial charge >= 0.3 is 23.9 Å². The van der Waals surface area contributed by atoms with Crippen molar-refractivity contribution in [2.45, 2.75) is 106 Å². The Morgan fingerprint density at radius 2 is 1.23 bits per heavy atom. The van der Waals surface area contributed by atoms with Gasteiger partial charge in [-0.15, -0.1) is 0 Å². The van der Waals surface area contributed by atoms with Gasteiger partial charge in [0.15, 0.2) is 11.5 Å². The van der Waals surface area contributed by atoms with E-state index in [1.807, 2.05) is 41.5 Å². The Labute approximate surface area is 233 Å². The van der Waals surface area contributed by atoms with Crippen LogP contribution in [0.2, 0.25) is 0 Å². The Balaban J connectivity index is 2.86. The maximum atomic E-state index is 12.5. The second-order valence-electron chi connectivity index (χ2n) is 10.6. The van der Waals surface area contributed by atoms with Gasteiger partial charge in [0.1, 0.15) is 18.8 Å². The van der Waals surface area contributed by atoms with Crippen molar-refractivity contribution in [3.05, 3.63) is 23.8 Å². The molecule has 2 N–H and O–H groups in total. The van der Waals surface area contributed by atoms with E-state index in [1.54, 1.807) is 19.1 Å². The molecule has 39 heavy (non-hydrogen) atoms. The summed E-state index contributed by atoms with van der Waals surface area (Å²) >= 11 is 0. The number of benzene rings is 1. The van der Waals surface area contributed by atoms with Crippen LogP contribution in [0.3, 0.4) is 0 Å². The second kappa shape index (κ2) is 17.6. The highest BCUT2D eigenvalue weighted by molar-refractivity contribution is 5.77. The molecule has 0 bridgehead atoms. The third-order valence-electron chi connectivity index (χ3n) is 6.64. The van der Waals surface area contributed by atoms with Crippen molar-refractivity contribution in [2.24, 2.45) is 23.5 Å². The van der Waals surface area contributed by atoms with E-state index >= 15 is 0 Å². The van der Waals surface area contributed by atoms with E-state index in [-0.39, 0.29) is 61.1 Å². The molecule has 0 spiro atoms. The van der Waals surface area contributed by atoms with Crippen molar-refractivity contribution < 1.29 is 38.1 Å². The lowest BCUT2D eigenvalue weighted by atomic mass is 10.0. The summed E-state index contributed by atoms with van der Waals surface area (Å²) < 4.78 is 21.6. The zero-order valence-corrected chi connectivity index (χ0v) is 24.6. The van der Waals surface area contributed by atoms with Crippen LogP contribution in [0.1, 0.15) is 92.6 Å². The number of carbonyl (C=O) groups is 4. The molecule has 1 aromatic carbocycles. The first-order chi connectivity index (χ1) is 18.4. The van der Waals surface area contributed by atoms with E-state index < -0.39 is 30.1 Å². The minimum atomic E-state index is -1.00. The zero-order chi connectivity index (χ0) is 29.5. The molecule has 9 heteroatoms. The fourth-order valence-electron chi connectivity index (χ4n) is 3.41. The van der Waals surface area contributed by atoms with Crippen molar-refractivity contribution >= 4 is 23.9 Å². The number of carbonyl (C=O) groups excluding carboxylic acids is 4. The Kier molecular flexibility index (Phi) is 15.4. The molecule has 1 rings (SSSR count). The summed E-state index contributed by atoms with van der Waals surface area (Å²) in [6, 6.07) is 3.74. The number of hydrogen-bond donors (Lipinski definition) is 1. The summed E-state index contributed by atoms with van der Waals surface area (Å²) in [7, 11) is 0. The van der Waals surface area contributed by atoms with Crippen molar-refractivity contribution in [3.8, 4) is 11.5 Å². The lowest BCUT2D eigenvalue weighted by Gasteiger charge is -2.18. The second-order valence-corrected chi connectivity index (χ2v) is 10.6. The fraction of sp³-hybridized carbons (Fsp3) is 0.667. The summed E-state index contributed by atoms with van der Waals surface area (Å²) in [5, 5.41) is 0. The summed E-state index contributed by atoms with van der Waals surface area (Å²) in [6.45, 7) is 13.4. The molecule has 0 aromatic heterocycles. The molecule has 1 aromatic rings. The molecule has 0 radical (unpaired) electrons. The highest BCUT2D eigenvalue weighted by Crippen LogP contribution is 2.30. The molecule has 0 fully saturated rings. The Morgan fingerprint density at radius 3 is 1.74 bits per heavy atom. The highest BCUT2D eigenvalue weighted by atomic mass is 16.6. The van der Waals surface area contributed by atoms with Gasteiger partial charge in [0.2, 0.25) is 0 Å². The first kappa shape index (κ1) is 34.1. The number of nitrogens with two attached hydrogens (primary N) is 1. The van der Waals surface area contributed by atoms with E-state index in [2.05, 4.69) is 0 Å². The smallest absolute Gasteiger partial charge is 0.323 e. The lowest BCUT2D eigenvalue weighted by Crippen LogP contribution is -2.36. The van der Waals surface area contributed by atoms with E-state index in [0.717, 1.165) is 19.3 Å². The molecule has 220 valence electrons. The van der Waals surface area contributed by atoms with Crippen LogP contribution in [0.4, 0.5) is 0 Å². The van der Waals surface area contributed by atoms with E-state index in [0.29, 0.717) is 12.0 Å². The maximum Gasteiger partial charge on any atom is 0.323 e. The molecule has 0 amide bonds. The molecule has 3 unspecified atom stereocenters. The average molecular weight is 550 g/mol. The molecule has 0 aliphatic heterocycles. The molecular weight excluding hydrogens is 502 g/mol. The SMILES string of the molecule is CCC(C)CC(=O)Oc1ccc(C[C@H](N)C(=O)OC[C@H](C)OC(=O)CC(C)CC)cc1OC(=O)CC(C)CC. The predicted molar refractivity (Wildman–Crippen MR) is 148 cm³/mol. The van der Waals surface area contributed by atoms with Crippen LogP contribution in [0.25, 0.3) is 0 Å². The van der Waals surface area contributed by atoms with Crippen LogP contribution in [-0.2, 0) is 35.1 Å². The quantitative estimate of drug-likeness (QED) is 0.207. The van der Waals surface area contributed by atoms with Gasteiger partial charge in [0.25, 0.3) is 0 Å². The number of rotatable bonds is 17. The Hall–Kier alpha value is -2.94. The number of ether oxygens (including phenoxy) is 4. The third kappa shape index (κ3) is 13.6. The largest absolute Gasteiger partial charge is 0.461 e. The molecule has 9 nitrogen and oxygen atoms in total. The van der Waals surface area contributed by atoms with E-state index in [4.69, 9.17) is 24.7 Å². The van der Waals surface area contributed by atoms with Crippen molar-refractivity contribution in [3.63, 3.8) is 0 Å². The van der Waals surface area contributed by atoms with Gasteiger partial charge < -0.3 is 24.7 Å². The van der Waals surface area contributed by atoms with Gasteiger partial charge in [0.05, 0.1) is 0 Å². The summed E-state index contributed by atoms with van der Waals surface area (Å²) in [5.41, 5.74) is 6.67. The minimum absolute atomic E-state index is 0.0953.